The number of hydrogen-bond acceptors (Lipinski definition) is 5. The van der Waals surface area contributed by atoms with Crippen LogP contribution in [0.5, 0.6) is 0 Å². The summed E-state index contributed by atoms with van der Waals surface area (Å²) in [7, 11) is 1.11. The lowest BCUT2D eigenvalue weighted by Crippen LogP contribution is -2.09. The largest absolute Gasteiger partial charge is 0.464 e. The second-order valence-corrected chi connectivity index (χ2v) is 3.07. The molecule has 0 saturated heterocycles. The molecule has 7 heteroatoms. The maximum absolute atomic E-state index is 11.2. The minimum Gasteiger partial charge on any atom is -0.464 e. The van der Waals surface area contributed by atoms with Crippen molar-refractivity contribution < 1.29 is 14.5 Å². The number of ether oxygens (including phenoxy) is 1. The van der Waals surface area contributed by atoms with Gasteiger partial charge in [0.15, 0.2) is 0 Å². The maximum Gasteiger partial charge on any atom is 0.363 e. The summed E-state index contributed by atoms with van der Waals surface area (Å²) in [4.78, 5) is 24.7. The normalized spacial score (nSPS) is 9.80. The van der Waals surface area contributed by atoms with Gasteiger partial charge in [-0.15, -0.1) is 0 Å². The summed E-state index contributed by atoms with van der Waals surface area (Å²) in [6, 6.07) is 1.18. The molecule has 0 spiro atoms. The number of aromatic nitrogens is 1. The number of rotatable bonds is 2. The first kappa shape index (κ1) is 11.4. The molecular weight excluding hydrogens is 224 g/mol. The molecule has 1 aromatic rings. The van der Waals surface area contributed by atoms with Crippen molar-refractivity contribution in [2.24, 2.45) is 0 Å². The summed E-state index contributed by atoms with van der Waals surface area (Å²) < 4.78 is 4.36. The number of aryl methyl sites for hydroxylation is 1. The van der Waals surface area contributed by atoms with Crippen molar-refractivity contribution in [2.45, 2.75) is 6.92 Å². The summed E-state index contributed by atoms with van der Waals surface area (Å²) >= 11 is 5.65. The van der Waals surface area contributed by atoms with Gasteiger partial charge in [0.05, 0.1) is 12.0 Å². The molecule has 1 rings (SSSR count). The molecular formula is C8H7ClN2O4. The molecule has 0 atom stereocenters. The smallest absolute Gasteiger partial charge is 0.363 e. The number of carbonyl (C=O) groups is 1. The molecule has 0 unspecified atom stereocenters. The van der Waals surface area contributed by atoms with E-state index in [1.165, 1.54) is 6.07 Å². The quantitative estimate of drug-likeness (QED) is 0.334. The van der Waals surface area contributed by atoms with E-state index in [9.17, 15) is 14.9 Å². The molecule has 0 radical (unpaired) electrons. The molecule has 0 saturated carbocycles. The molecule has 0 aromatic carbocycles. The van der Waals surface area contributed by atoms with E-state index >= 15 is 0 Å². The molecule has 6 nitrogen and oxygen atoms in total. The van der Waals surface area contributed by atoms with Gasteiger partial charge in [0.2, 0.25) is 5.69 Å². The lowest BCUT2D eigenvalue weighted by atomic mass is 10.2. The van der Waals surface area contributed by atoms with E-state index in [1.807, 2.05) is 0 Å². The summed E-state index contributed by atoms with van der Waals surface area (Å²) in [5, 5.41) is 10.7. The SMILES string of the molecule is COC(=O)c1nc(Cl)c(C)cc1[N+](=O)[O-]. The summed E-state index contributed by atoms with van der Waals surface area (Å²) in [5.41, 5.74) is -0.377. The first-order valence-electron chi connectivity index (χ1n) is 3.87. The zero-order valence-corrected chi connectivity index (χ0v) is 8.74. The first-order chi connectivity index (χ1) is 6.97. The summed E-state index contributed by atoms with van der Waals surface area (Å²) in [5.74, 6) is -0.886. The van der Waals surface area contributed by atoms with Gasteiger partial charge < -0.3 is 4.74 Å². The Hall–Kier alpha value is -1.69. The minimum absolute atomic E-state index is 0.0426. The molecule has 15 heavy (non-hydrogen) atoms. The summed E-state index contributed by atoms with van der Waals surface area (Å²) in [6.45, 7) is 1.56. The Morgan fingerprint density at radius 2 is 2.27 bits per heavy atom. The zero-order valence-electron chi connectivity index (χ0n) is 7.98. The Kier molecular flexibility index (Phi) is 3.21. The zero-order chi connectivity index (χ0) is 11.6. The van der Waals surface area contributed by atoms with Gasteiger partial charge in [0, 0.05) is 6.07 Å². The Balaban J connectivity index is 3.41. The number of nitro groups is 1. The molecule has 0 aliphatic heterocycles. The van der Waals surface area contributed by atoms with Crippen LogP contribution in [0.4, 0.5) is 5.69 Å². The highest BCUT2D eigenvalue weighted by Crippen LogP contribution is 2.23. The van der Waals surface area contributed by atoms with E-state index < -0.39 is 22.3 Å². The first-order valence-corrected chi connectivity index (χ1v) is 4.25. The lowest BCUT2D eigenvalue weighted by Gasteiger charge is -2.02. The van der Waals surface area contributed by atoms with Crippen LogP contribution in [0.2, 0.25) is 5.15 Å². The maximum atomic E-state index is 11.2. The van der Waals surface area contributed by atoms with Gasteiger partial charge >= 0.3 is 11.7 Å². The van der Waals surface area contributed by atoms with Gasteiger partial charge in [-0.3, -0.25) is 10.1 Å². The third-order valence-corrected chi connectivity index (χ3v) is 2.09. The lowest BCUT2D eigenvalue weighted by molar-refractivity contribution is -0.385. The average molecular weight is 231 g/mol. The molecule has 0 N–H and O–H groups in total. The fourth-order valence-corrected chi connectivity index (χ4v) is 1.10. The van der Waals surface area contributed by atoms with Crippen LogP contribution in [0, 0.1) is 17.0 Å². The summed E-state index contributed by atoms with van der Waals surface area (Å²) in [6.07, 6.45) is 0. The molecule has 0 fully saturated rings. The van der Waals surface area contributed by atoms with E-state index in [2.05, 4.69) is 9.72 Å². The van der Waals surface area contributed by atoms with Crippen molar-refractivity contribution in [3.63, 3.8) is 0 Å². The molecule has 1 aromatic heterocycles. The molecule has 80 valence electrons. The van der Waals surface area contributed by atoms with Gasteiger partial charge in [-0.05, 0) is 12.5 Å². The van der Waals surface area contributed by atoms with Crippen LogP contribution < -0.4 is 0 Å². The predicted octanol–water partition coefficient (Wildman–Crippen LogP) is 1.74. The van der Waals surface area contributed by atoms with Crippen LogP contribution in [0.3, 0.4) is 0 Å². The fraction of sp³-hybridized carbons (Fsp3) is 0.250. The van der Waals surface area contributed by atoms with Gasteiger partial charge in [-0.25, -0.2) is 9.78 Å². The number of carbonyl (C=O) groups excluding carboxylic acids is 1. The van der Waals surface area contributed by atoms with Crippen LogP contribution in [-0.2, 0) is 4.74 Å². The highest BCUT2D eigenvalue weighted by molar-refractivity contribution is 6.30. The third kappa shape index (κ3) is 2.21. The van der Waals surface area contributed by atoms with Crippen LogP contribution >= 0.6 is 11.6 Å². The van der Waals surface area contributed by atoms with Crippen molar-refractivity contribution in [1.29, 1.82) is 0 Å². The Morgan fingerprint density at radius 1 is 1.67 bits per heavy atom. The molecule has 0 aliphatic carbocycles. The van der Waals surface area contributed by atoms with Crippen molar-refractivity contribution >= 4 is 23.3 Å². The minimum atomic E-state index is -0.886. The van der Waals surface area contributed by atoms with Crippen LogP contribution in [-0.4, -0.2) is 23.0 Å². The van der Waals surface area contributed by atoms with E-state index in [4.69, 9.17) is 11.6 Å². The molecule has 0 aliphatic rings. The molecule has 0 bridgehead atoms. The predicted molar refractivity (Wildman–Crippen MR) is 52.0 cm³/mol. The molecule has 1 heterocycles. The Morgan fingerprint density at radius 3 is 2.73 bits per heavy atom. The number of nitrogens with zero attached hydrogens (tertiary/aromatic N) is 2. The number of hydrogen-bond donors (Lipinski definition) is 0. The van der Waals surface area contributed by atoms with Crippen LogP contribution in [0.1, 0.15) is 16.1 Å². The van der Waals surface area contributed by atoms with Crippen molar-refractivity contribution in [3.05, 3.63) is 32.6 Å². The van der Waals surface area contributed by atoms with E-state index in [-0.39, 0.29) is 5.15 Å². The standard InChI is InChI=1S/C8H7ClN2O4/c1-4-3-5(11(13)14)6(8(12)15-2)10-7(4)9/h3H,1-2H3. The fourth-order valence-electron chi connectivity index (χ4n) is 0.963. The van der Waals surface area contributed by atoms with Crippen molar-refractivity contribution in [1.82, 2.24) is 4.98 Å². The number of esters is 1. The molecule has 0 amide bonds. The van der Waals surface area contributed by atoms with Crippen molar-refractivity contribution in [3.8, 4) is 0 Å². The van der Waals surface area contributed by atoms with E-state index in [0.717, 1.165) is 7.11 Å². The van der Waals surface area contributed by atoms with Crippen LogP contribution in [0.25, 0.3) is 0 Å². The van der Waals surface area contributed by atoms with Gasteiger partial charge in [0.1, 0.15) is 5.15 Å². The average Bonchev–Trinajstić information content (AvgIpc) is 2.20. The Labute approximate surface area is 90.0 Å². The number of methoxy groups -OCH3 is 1. The highest BCUT2D eigenvalue weighted by atomic mass is 35.5. The third-order valence-electron chi connectivity index (χ3n) is 1.71. The Bertz CT molecular complexity index is 433. The highest BCUT2D eigenvalue weighted by Gasteiger charge is 2.24. The number of pyridine rings is 1. The van der Waals surface area contributed by atoms with Gasteiger partial charge in [-0.1, -0.05) is 11.6 Å². The second-order valence-electron chi connectivity index (χ2n) is 2.71. The van der Waals surface area contributed by atoms with Crippen LogP contribution in [0.15, 0.2) is 6.07 Å². The van der Waals surface area contributed by atoms with E-state index in [0.29, 0.717) is 5.56 Å². The van der Waals surface area contributed by atoms with Crippen molar-refractivity contribution in [2.75, 3.05) is 7.11 Å². The van der Waals surface area contributed by atoms with Gasteiger partial charge in [-0.2, -0.15) is 0 Å². The second kappa shape index (κ2) is 4.22. The van der Waals surface area contributed by atoms with Gasteiger partial charge in [0.25, 0.3) is 0 Å². The monoisotopic (exact) mass is 230 g/mol. The number of halogens is 1. The van der Waals surface area contributed by atoms with E-state index in [1.54, 1.807) is 6.92 Å². The topological polar surface area (TPSA) is 82.3 Å².